The van der Waals surface area contributed by atoms with Crippen LogP contribution in [0.4, 0.5) is 5.82 Å². The number of nitrogen functional groups attached to an aromatic ring is 1. The number of nitrogens with zero attached hydrogens (tertiary/aromatic N) is 3. The molecular weight excluding hydrogens is 302 g/mol. The van der Waals surface area contributed by atoms with Crippen molar-refractivity contribution in [3.63, 3.8) is 0 Å². The first-order valence-corrected chi connectivity index (χ1v) is 7.81. The first-order valence-electron chi connectivity index (χ1n) is 7.81. The molecule has 1 aromatic carbocycles. The van der Waals surface area contributed by atoms with E-state index in [1.165, 1.54) is 0 Å². The minimum absolute atomic E-state index is 0.471. The number of hydrogen-bond donors (Lipinski definition) is 2. The van der Waals surface area contributed by atoms with Crippen LogP contribution in [-0.4, -0.2) is 26.5 Å². The SMILES string of the molecule is Nc1nc2cccc(CCOCc3ccccn3)c2c2nc[nH]c12. The summed E-state index contributed by atoms with van der Waals surface area (Å²) < 4.78 is 5.75. The Labute approximate surface area is 138 Å². The molecule has 0 aliphatic heterocycles. The van der Waals surface area contributed by atoms with Gasteiger partial charge in [0.05, 0.1) is 30.8 Å². The van der Waals surface area contributed by atoms with Crippen molar-refractivity contribution >= 4 is 27.8 Å². The highest BCUT2D eigenvalue weighted by Gasteiger charge is 2.11. The maximum atomic E-state index is 5.99. The van der Waals surface area contributed by atoms with E-state index in [-0.39, 0.29) is 0 Å². The largest absolute Gasteiger partial charge is 0.382 e. The van der Waals surface area contributed by atoms with Crippen molar-refractivity contribution < 1.29 is 4.74 Å². The predicted molar refractivity (Wildman–Crippen MR) is 93.4 cm³/mol. The lowest BCUT2D eigenvalue weighted by atomic mass is 10.0. The lowest BCUT2D eigenvalue weighted by Crippen LogP contribution is -2.02. The van der Waals surface area contributed by atoms with Crippen molar-refractivity contribution in [2.75, 3.05) is 12.3 Å². The second-order valence-corrected chi connectivity index (χ2v) is 5.56. The quantitative estimate of drug-likeness (QED) is 0.552. The fourth-order valence-electron chi connectivity index (χ4n) is 2.87. The highest BCUT2D eigenvalue weighted by Crippen LogP contribution is 2.28. The number of nitrogens with one attached hydrogen (secondary N) is 1. The Morgan fingerprint density at radius 2 is 2.04 bits per heavy atom. The van der Waals surface area contributed by atoms with Gasteiger partial charge in [0.15, 0.2) is 0 Å². The summed E-state index contributed by atoms with van der Waals surface area (Å²) in [6.07, 6.45) is 4.20. The topological polar surface area (TPSA) is 89.7 Å². The molecule has 0 aliphatic rings. The van der Waals surface area contributed by atoms with Crippen LogP contribution in [0.5, 0.6) is 0 Å². The fraction of sp³-hybridized carbons (Fsp3) is 0.167. The van der Waals surface area contributed by atoms with Gasteiger partial charge < -0.3 is 15.5 Å². The Bertz CT molecular complexity index is 981. The van der Waals surface area contributed by atoms with E-state index < -0.39 is 0 Å². The molecule has 6 heteroatoms. The molecule has 0 fully saturated rings. The van der Waals surface area contributed by atoms with Gasteiger partial charge in [-0.05, 0) is 30.2 Å². The fourth-order valence-corrected chi connectivity index (χ4v) is 2.87. The molecule has 0 saturated carbocycles. The third-order valence-corrected chi connectivity index (χ3v) is 3.99. The summed E-state index contributed by atoms with van der Waals surface area (Å²) in [4.78, 5) is 16.2. The first-order chi connectivity index (χ1) is 11.8. The lowest BCUT2D eigenvalue weighted by molar-refractivity contribution is 0.121. The molecule has 0 saturated heterocycles. The summed E-state index contributed by atoms with van der Waals surface area (Å²) in [7, 11) is 0. The number of H-pyrrole nitrogens is 1. The number of imidazole rings is 1. The van der Waals surface area contributed by atoms with Gasteiger partial charge in [0.25, 0.3) is 0 Å². The molecule has 6 nitrogen and oxygen atoms in total. The van der Waals surface area contributed by atoms with Crippen LogP contribution in [0.25, 0.3) is 21.9 Å². The van der Waals surface area contributed by atoms with E-state index >= 15 is 0 Å². The molecule has 4 aromatic rings. The molecule has 0 aliphatic carbocycles. The number of rotatable bonds is 5. The number of ether oxygens (including phenoxy) is 1. The molecular formula is C18H17N5O. The zero-order chi connectivity index (χ0) is 16.4. The Morgan fingerprint density at radius 3 is 2.92 bits per heavy atom. The predicted octanol–water partition coefficient (Wildman–Crippen LogP) is 2.85. The highest BCUT2D eigenvalue weighted by atomic mass is 16.5. The maximum absolute atomic E-state index is 5.99. The van der Waals surface area contributed by atoms with Crippen molar-refractivity contribution in [1.82, 2.24) is 19.9 Å². The van der Waals surface area contributed by atoms with Crippen LogP contribution in [0.1, 0.15) is 11.3 Å². The van der Waals surface area contributed by atoms with E-state index in [1.54, 1.807) is 12.5 Å². The van der Waals surface area contributed by atoms with E-state index in [1.807, 2.05) is 30.3 Å². The van der Waals surface area contributed by atoms with Gasteiger partial charge in [-0.1, -0.05) is 18.2 Å². The van der Waals surface area contributed by atoms with Crippen molar-refractivity contribution in [1.29, 1.82) is 0 Å². The van der Waals surface area contributed by atoms with Crippen LogP contribution in [0.2, 0.25) is 0 Å². The van der Waals surface area contributed by atoms with Crippen LogP contribution in [0.15, 0.2) is 48.9 Å². The van der Waals surface area contributed by atoms with Gasteiger partial charge in [0.1, 0.15) is 16.9 Å². The summed E-state index contributed by atoms with van der Waals surface area (Å²) in [6, 6.07) is 11.8. The van der Waals surface area contributed by atoms with E-state index in [2.05, 4.69) is 26.0 Å². The average Bonchev–Trinajstić information content (AvgIpc) is 3.10. The van der Waals surface area contributed by atoms with E-state index in [0.29, 0.717) is 19.0 Å². The van der Waals surface area contributed by atoms with Gasteiger partial charge in [0.2, 0.25) is 0 Å². The van der Waals surface area contributed by atoms with Gasteiger partial charge in [-0.2, -0.15) is 0 Å². The second-order valence-electron chi connectivity index (χ2n) is 5.56. The van der Waals surface area contributed by atoms with Crippen LogP contribution < -0.4 is 5.73 Å². The number of pyridine rings is 2. The van der Waals surface area contributed by atoms with Crippen molar-refractivity contribution in [3.05, 3.63) is 60.2 Å². The van der Waals surface area contributed by atoms with Crippen molar-refractivity contribution in [2.45, 2.75) is 13.0 Å². The number of aromatic amines is 1. The van der Waals surface area contributed by atoms with Gasteiger partial charge in [-0.25, -0.2) is 9.97 Å². The maximum Gasteiger partial charge on any atom is 0.150 e. The Hall–Kier alpha value is -2.99. The van der Waals surface area contributed by atoms with Gasteiger partial charge in [0, 0.05) is 11.6 Å². The van der Waals surface area contributed by atoms with Crippen LogP contribution >= 0.6 is 0 Å². The Morgan fingerprint density at radius 1 is 1.08 bits per heavy atom. The second kappa shape index (κ2) is 6.25. The molecule has 4 rings (SSSR count). The molecule has 0 amide bonds. The van der Waals surface area contributed by atoms with Crippen LogP contribution in [0, 0.1) is 0 Å². The van der Waals surface area contributed by atoms with E-state index in [9.17, 15) is 0 Å². The molecule has 0 unspecified atom stereocenters. The third-order valence-electron chi connectivity index (χ3n) is 3.99. The smallest absolute Gasteiger partial charge is 0.150 e. The van der Waals surface area contributed by atoms with E-state index in [0.717, 1.165) is 39.6 Å². The molecule has 0 radical (unpaired) electrons. The zero-order valence-electron chi connectivity index (χ0n) is 13.1. The van der Waals surface area contributed by atoms with Crippen molar-refractivity contribution in [2.24, 2.45) is 0 Å². The zero-order valence-corrected chi connectivity index (χ0v) is 13.1. The van der Waals surface area contributed by atoms with Crippen LogP contribution in [-0.2, 0) is 17.8 Å². The summed E-state index contributed by atoms with van der Waals surface area (Å²) in [5.74, 6) is 0.471. The number of anilines is 1. The number of hydrogen-bond acceptors (Lipinski definition) is 5. The Balaban J connectivity index is 1.57. The van der Waals surface area contributed by atoms with Crippen LogP contribution in [0.3, 0.4) is 0 Å². The minimum Gasteiger partial charge on any atom is -0.382 e. The summed E-state index contributed by atoms with van der Waals surface area (Å²) >= 11 is 0. The van der Waals surface area contributed by atoms with Gasteiger partial charge in [-0.3, -0.25) is 4.98 Å². The number of nitrogens with two attached hydrogens (primary N) is 1. The monoisotopic (exact) mass is 319 g/mol. The minimum atomic E-state index is 0.471. The standard InChI is InChI=1S/C18H17N5O/c19-18-17-16(21-11-22-17)15-12(4-3-6-14(15)23-18)7-9-24-10-13-5-1-2-8-20-13/h1-6,8,11H,7,9-10H2,(H2,19,23)(H,21,22). The number of aromatic nitrogens is 4. The third kappa shape index (κ3) is 2.68. The summed E-state index contributed by atoms with van der Waals surface area (Å²) in [5, 5.41) is 1.03. The molecule has 0 spiro atoms. The molecule has 24 heavy (non-hydrogen) atoms. The van der Waals surface area contributed by atoms with Gasteiger partial charge in [-0.15, -0.1) is 0 Å². The highest BCUT2D eigenvalue weighted by molar-refractivity contribution is 6.07. The molecule has 0 bridgehead atoms. The van der Waals surface area contributed by atoms with Crippen molar-refractivity contribution in [3.8, 4) is 0 Å². The van der Waals surface area contributed by atoms with E-state index in [4.69, 9.17) is 10.5 Å². The van der Waals surface area contributed by atoms with Gasteiger partial charge >= 0.3 is 0 Å². The number of fused-ring (bicyclic) bond motifs is 3. The molecule has 3 heterocycles. The molecule has 120 valence electrons. The normalized spacial score (nSPS) is 11.3. The lowest BCUT2D eigenvalue weighted by Gasteiger charge is -2.09. The average molecular weight is 319 g/mol. The number of benzene rings is 1. The molecule has 0 atom stereocenters. The molecule has 3 N–H and O–H groups in total. The first kappa shape index (κ1) is 14.6. The Kier molecular flexibility index (Phi) is 3.80. The molecule has 3 aromatic heterocycles. The summed E-state index contributed by atoms with van der Waals surface area (Å²) in [6.45, 7) is 1.11. The summed E-state index contributed by atoms with van der Waals surface area (Å²) in [5.41, 5.74) is 10.6.